The second kappa shape index (κ2) is 5.80. The number of piperidine rings is 1. The Kier molecular flexibility index (Phi) is 4.29. The first kappa shape index (κ1) is 14.8. The largest absolute Gasteiger partial charge is 0.481 e. The van der Waals surface area contributed by atoms with Crippen LogP contribution in [0.1, 0.15) is 19.3 Å². The monoisotopic (exact) mass is 298 g/mol. The number of carbonyl (C=O) groups is 1. The number of nitrogens with two attached hydrogens (primary N) is 1. The van der Waals surface area contributed by atoms with Crippen molar-refractivity contribution in [2.24, 2.45) is 5.92 Å². The Balaban J connectivity index is 2.19. The summed E-state index contributed by atoms with van der Waals surface area (Å²) in [6, 6.07) is 6.16. The summed E-state index contributed by atoms with van der Waals surface area (Å²) in [5, 5.41) is 8.82. The van der Waals surface area contributed by atoms with Gasteiger partial charge in [0.1, 0.15) is 0 Å². The van der Waals surface area contributed by atoms with Crippen molar-refractivity contribution in [1.29, 1.82) is 0 Å². The molecule has 0 radical (unpaired) electrons. The second-order valence-corrected chi connectivity index (χ2v) is 6.98. The van der Waals surface area contributed by atoms with Crippen molar-refractivity contribution in [2.45, 2.75) is 24.2 Å². The molecular weight excluding hydrogens is 280 g/mol. The maximum atomic E-state index is 12.5. The van der Waals surface area contributed by atoms with E-state index in [9.17, 15) is 13.2 Å². The Bertz CT molecular complexity index is 600. The van der Waals surface area contributed by atoms with Crippen LogP contribution in [0.15, 0.2) is 29.2 Å². The van der Waals surface area contributed by atoms with Crippen molar-refractivity contribution in [3.63, 3.8) is 0 Å². The quantitative estimate of drug-likeness (QED) is 0.812. The SMILES string of the molecule is Nc1cccc(S(=O)(=O)N2CCCC(CC(=O)O)C2)c1. The first-order valence-electron chi connectivity index (χ1n) is 6.47. The van der Waals surface area contributed by atoms with Gasteiger partial charge in [0.2, 0.25) is 10.0 Å². The van der Waals surface area contributed by atoms with E-state index < -0.39 is 16.0 Å². The zero-order chi connectivity index (χ0) is 14.8. The van der Waals surface area contributed by atoms with Gasteiger partial charge in [-0.05, 0) is 37.0 Å². The Morgan fingerprint density at radius 1 is 1.45 bits per heavy atom. The molecule has 1 aromatic carbocycles. The number of nitrogen functional groups attached to an aromatic ring is 1. The Hall–Kier alpha value is -1.60. The lowest BCUT2D eigenvalue weighted by Gasteiger charge is -2.31. The number of aliphatic carboxylic acids is 1. The van der Waals surface area contributed by atoms with Crippen molar-refractivity contribution < 1.29 is 18.3 Å². The molecule has 6 nitrogen and oxygen atoms in total. The first-order valence-corrected chi connectivity index (χ1v) is 7.91. The summed E-state index contributed by atoms with van der Waals surface area (Å²) in [7, 11) is -3.59. The van der Waals surface area contributed by atoms with Gasteiger partial charge in [-0.15, -0.1) is 0 Å². The Morgan fingerprint density at radius 2 is 2.20 bits per heavy atom. The molecule has 0 spiro atoms. The fourth-order valence-electron chi connectivity index (χ4n) is 2.48. The molecule has 0 saturated carbocycles. The summed E-state index contributed by atoms with van der Waals surface area (Å²) in [6.07, 6.45) is 1.43. The third-order valence-corrected chi connectivity index (χ3v) is 5.30. The van der Waals surface area contributed by atoms with E-state index in [2.05, 4.69) is 0 Å². The van der Waals surface area contributed by atoms with Gasteiger partial charge >= 0.3 is 5.97 Å². The van der Waals surface area contributed by atoms with Crippen molar-refractivity contribution in [3.05, 3.63) is 24.3 Å². The number of rotatable bonds is 4. The van der Waals surface area contributed by atoms with Crippen molar-refractivity contribution in [2.75, 3.05) is 18.8 Å². The molecule has 7 heteroatoms. The van der Waals surface area contributed by atoms with Crippen LogP contribution in [-0.4, -0.2) is 36.9 Å². The molecular formula is C13H18N2O4S. The van der Waals surface area contributed by atoms with Gasteiger partial charge in [-0.25, -0.2) is 8.42 Å². The molecule has 2 rings (SSSR count). The number of benzene rings is 1. The first-order chi connectivity index (χ1) is 9.39. The van der Waals surface area contributed by atoms with Gasteiger partial charge in [0.25, 0.3) is 0 Å². The average molecular weight is 298 g/mol. The normalized spacial score (nSPS) is 20.7. The molecule has 110 valence electrons. The molecule has 3 N–H and O–H groups in total. The van der Waals surface area contributed by atoms with Gasteiger partial charge in [-0.3, -0.25) is 4.79 Å². The lowest BCUT2D eigenvalue weighted by atomic mass is 9.96. The molecule has 1 aliphatic heterocycles. The van der Waals surface area contributed by atoms with Crippen LogP contribution in [0.5, 0.6) is 0 Å². The smallest absolute Gasteiger partial charge is 0.303 e. The van der Waals surface area contributed by atoms with Gasteiger partial charge in [-0.2, -0.15) is 4.31 Å². The lowest BCUT2D eigenvalue weighted by molar-refractivity contribution is -0.138. The van der Waals surface area contributed by atoms with E-state index in [1.165, 1.54) is 16.4 Å². The molecule has 0 aliphatic carbocycles. The van der Waals surface area contributed by atoms with E-state index in [0.717, 1.165) is 6.42 Å². The van der Waals surface area contributed by atoms with Crippen molar-refractivity contribution in [3.8, 4) is 0 Å². The van der Waals surface area contributed by atoms with E-state index in [1.54, 1.807) is 12.1 Å². The average Bonchev–Trinajstić information content (AvgIpc) is 2.38. The molecule has 1 atom stereocenters. The number of hydrogen-bond acceptors (Lipinski definition) is 4. The predicted molar refractivity (Wildman–Crippen MR) is 74.6 cm³/mol. The van der Waals surface area contributed by atoms with Gasteiger partial charge in [0.05, 0.1) is 4.90 Å². The molecule has 1 fully saturated rings. The van der Waals surface area contributed by atoms with E-state index >= 15 is 0 Å². The van der Waals surface area contributed by atoms with Crippen molar-refractivity contribution in [1.82, 2.24) is 4.31 Å². The Labute approximate surface area is 118 Å². The van der Waals surface area contributed by atoms with Crippen LogP contribution in [-0.2, 0) is 14.8 Å². The molecule has 1 heterocycles. The van der Waals surface area contributed by atoms with Gasteiger partial charge in [0, 0.05) is 25.2 Å². The highest BCUT2D eigenvalue weighted by molar-refractivity contribution is 7.89. The van der Waals surface area contributed by atoms with Gasteiger partial charge < -0.3 is 10.8 Å². The molecule has 1 aliphatic rings. The highest BCUT2D eigenvalue weighted by Gasteiger charge is 2.31. The zero-order valence-electron chi connectivity index (χ0n) is 11.0. The summed E-state index contributed by atoms with van der Waals surface area (Å²) in [6.45, 7) is 0.677. The maximum Gasteiger partial charge on any atom is 0.303 e. The zero-order valence-corrected chi connectivity index (χ0v) is 11.8. The van der Waals surface area contributed by atoms with Gasteiger partial charge in [0.15, 0.2) is 0 Å². The summed E-state index contributed by atoms with van der Waals surface area (Å²) >= 11 is 0. The molecule has 0 aromatic heterocycles. The minimum absolute atomic E-state index is 0.00293. The van der Waals surface area contributed by atoms with E-state index in [1.807, 2.05) is 0 Å². The van der Waals surface area contributed by atoms with E-state index in [4.69, 9.17) is 10.8 Å². The summed E-state index contributed by atoms with van der Waals surface area (Å²) in [5.74, 6) is -1.02. The molecule has 1 aromatic rings. The van der Waals surface area contributed by atoms with Gasteiger partial charge in [-0.1, -0.05) is 6.07 Å². The maximum absolute atomic E-state index is 12.5. The highest BCUT2D eigenvalue weighted by atomic mass is 32.2. The van der Waals surface area contributed by atoms with Crippen LogP contribution in [0.2, 0.25) is 0 Å². The van der Waals surface area contributed by atoms with E-state index in [0.29, 0.717) is 18.7 Å². The van der Waals surface area contributed by atoms with Crippen LogP contribution < -0.4 is 5.73 Å². The highest BCUT2D eigenvalue weighted by Crippen LogP contribution is 2.26. The number of carboxylic acids is 1. The summed E-state index contributed by atoms with van der Waals surface area (Å²) in [5.41, 5.74) is 6.01. The number of sulfonamides is 1. The third-order valence-electron chi connectivity index (χ3n) is 3.44. The standard InChI is InChI=1S/C13H18N2O4S/c14-11-4-1-5-12(8-11)20(18,19)15-6-2-3-10(9-15)7-13(16)17/h1,4-5,8,10H,2-3,6-7,9,14H2,(H,16,17). The minimum Gasteiger partial charge on any atom is -0.481 e. The summed E-state index contributed by atoms with van der Waals surface area (Å²) < 4.78 is 26.3. The number of hydrogen-bond donors (Lipinski definition) is 2. The predicted octanol–water partition coefficient (Wildman–Crippen LogP) is 1.14. The van der Waals surface area contributed by atoms with Crippen LogP contribution in [0.25, 0.3) is 0 Å². The van der Waals surface area contributed by atoms with Crippen molar-refractivity contribution >= 4 is 21.7 Å². The molecule has 1 unspecified atom stereocenters. The summed E-state index contributed by atoms with van der Waals surface area (Å²) in [4.78, 5) is 10.9. The van der Waals surface area contributed by atoms with Crippen LogP contribution in [0.3, 0.4) is 0 Å². The Morgan fingerprint density at radius 3 is 2.85 bits per heavy atom. The molecule has 0 bridgehead atoms. The molecule has 1 saturated heterocycles. The molecule has 0 amide bonds. The molecule has 20 heavy (non-hydrogen) atoms. The number of carboxylic acid groups (broad SMARTS) is 1. The second-order valence-electron chi connectivity index (χ2n) is 5.04. The minimum atomic E-state index is -3.59. The fraction of sp³-hybridized carbons (Fsp3) is 0.462. The third kappa shape index (κ3) is 3.29. The van der Waals surface area contributed by atoms with E-state index in [-0.39, 0.29) is 23.8 Å². The fourth-order valence-corrected chi connectivity index (χ4v) is 4.09. The van der Waals surface area contributed by atoms with Crippen LogP contribution in [0.4, 0.5) is 5.69 Å². The van der Waals surface area contributed by atoms with Crippen LogP contribution >= 0.6 is 0 Å². The number of nitrogens with zero attached hydrogens (tertiary/aromatic N) is 1. The lowest BCUT2D eigenvalue weighted by Crippen LogP contribution is -2.40. The van der Waals surface area contributed by atoms with Crippen LogP contribution in [0, 0.1) is 5.92 Å². The topological polar surface area (TPSA) is 101 Å². The number of anilines is 1.